The molecule has 13 heavy (non-hydrogen) atoms. The van der Waals surface area contributed by atoms with Crippen LogP contribution in [-0.2, 0) is 9.53 Å². The highest BCUT2D eigenvalue weighted by Crippen LogP contribution is 2.37. The van der Waals surface area contributed by atoms with E-state index in [2.05, 4.69) is 0 Å². The molecule has 2 aliphatic heterocycles. The summed E-state index contributed by atoms with van der Waals surface area (Å²) in [7, 11) is 0. The van der Waals surface area contributed by atoms with Crippen LogP contribution in [0.3, 0.4) is 0 Å². The van der Waals surface area contributed by atoms with Gasteiger partial charge in [-0.2, -0.15) is 0 Å². The Hall–Kier alpha value is -0.610. The number of carbonyl (C=O) groups excluding carboxylic acids is 1. The van der Waals surface area contributed by atoms with Gasteiger partial charge in [0.05, 0.1) is 19.3 Å². The number of nitrogens with two attached hydrogens (primary N) is 1. The Bertz CT molecular complexity index is 224. The summed E-state index contributed by atoms with van der Waals surface area (Å²) in [5.74, 6) is 0.0729. The Kier molecular flexibility index (Phi) is 2.04. The van der Waals surface area contributed by atoms with Crippen LogP contribution < -0.4 is 5.73 Å². The number of likely N-dealkylation sites (tertiary alicyclic amines) is 1. The standard InChI is InChI=1S/C9H16N2O2/c1-7(10)8(12)11-3-2-9(4-11)5-13-6-9/h7H,2-6,10H2,1H3. The van der Waals surface area contributed by atoms with E-state index in [1.165, 1.54) is 0 Å². The molecule has 2 heterocycles. The molecule has 1 unspecified atom stereocenters. The van der Waals surface area contributed by atoms with Crippen molar-refractivity contribution in [3.63, 3.8) is 0 Å². The molecule has 0 bridgehead atoms. The molecule has 1 spiro atoms. The smallest absolute Gasteiger partial charge is 0.239 e. The predicted molar refractivity (Wildman–Crippen MR) is 48.1 cm³/mol. The minimum atomic E-state index is -0.365. The highest BCUT2D eigenvalue weighted by atomic mass is 16.5. The van der Waals surface area contributed by atoms with Crippen LogP contribution in [0.1, 0.15) is 13.3 Å². The summed E-state index contributed by atoms with van der Waals surface area (Å²) in [6, 6.07) is -0.365. The molecule has 74 valence electrons. The Morgan fingerprint density at radius 2 is 2.31 bits per heavy atom. The summed E-state index contributed by atoms with van der Waals surface area (Å²) >= 11 is 0. The SMILES string of the molecule is CC(N)C(=O)N1CCC2(COC2)C1. The van der Waals surface area contributed by atoms with Gasteiger partial charge in [-0.1, -0.05) is 0 Å². The van der Waals surface area contributed by atoms with Gasteiger partial charge >= 0.3 is 0 Å². The van der Waals surface area contributed by atoms with Gasteiger partial charge < -0.3 is 15.4 Å². The second kappa shape index (κ2) is 2.96. The number of carbonyl (C=O) groups is 1. The van der Waals surface area contributed by atoms with E-state index < -0.39 is 0 Å². The first kappa shape index (κ1) is 8.97. The van der Waals surface area contributed by atoms with Crippen LogP contribution in [0.25, 0.3) is 0 Å². The van der Waals surface area contributed by atoms with Crippen molar-refractivity contribution < 1.29 is 9.53 Å². The van der Waals surface area contributed by atoms with Gasteiger partial charge in [0.15, 0.2) is 0 Å². The Morgan fingerprint density at radius 3 is 2.69 bits per heavy atom. The summed E-state index contributed by atoms with van der Waals surface area (Å²) in [5, 5.41) is 0. The molecule has 2 aliphatic rings. The van der Waals surface area contributed by atoms with Crippen molar-refractivity contribution in [1.29, 1.82) is 0 Å². The summed E-state index contributed by atoms with van der Waals surface area (Å²) < 4.78 is 5.18. The Labute approximate surface area is 78.0 Å². The number of ether oxygens (including phenoxy) is 1. The highest BCUT2D eigenvalue weighted by molar-refractivity contribution is 5.81. The first-order chi connectivity index (χ1) is 6.13. The lowest BCUT2D eigenvalue weighted by Crippen LogP contribution is -2.47. The molecule has 2 fully saturated rings. The lowest BCUT2D eigenvalue weighted by atomic mass is 9.85. The molecular formula is C9H16N2O2. The Morgan fingerprint density at radius 1 is 1.62 bits per heavy atom. The second-order valence-corrected chi connectivity index (χ2v) is 4.29. The van der Waals surface area contributed by atoms with Crippen molar-refractivity contribution in [1.82, 2.24) is 4.90 Å². The van der Waals surface area contributed by atoms with E-state index in [0.717, 1.165) is 32.7 Å². The molecule has 0 aromatic carbocycles. The van der Waals surface area contributed by atoms with Crippen LogP contribution in [0, 0.1) is 5.41 Å². The topological polar surface area (TPSA) is 55.6 Å². The third kappa shape index (κ3) is 1.44. The number of hydrogen-bond acceptors (Lipinski definition) is 3. The van der Waals surface area contributed by atoms with Gasteiger partial charge in [0.2, 0.25) is 5.91 Å². The average Bonchev–Trinajstić information content (AvgIpc) is 2.45. The van der Waals surface area contributed by atoms with Crippen molar-refractivity contribution in [3.8, 4) is 0 Å². The van der Waals surface area contributed by atoms with E-state index in [4.69, 9.17) is 10.5 Å². The van der Waals surface area contributed by atoms with E-state index in [-0.39, 0.29) is 17.4 Å². The maximum absolute atomic E-state index is 11.5. The fourth-order valence-electron chi connectivity index (χ4n) is 2.04. The number of hydrogen-bond donors (Lipinski definition) is 1. The van der Waals surface area contributed by atoms with E-state index >= 15 is 0 Å². The quantitative estimate of drug-likeness (QED) is 0.602. The van der Waals surface area contributed by atoms with Gasteiger partial charge in [-0.05, 0) is 13.3 Å². The first-order valence-electron chi connectivity index (χ1n) is 4.75. The van der Waals surface area contributed by atoms with Crippen LogP contribution in [0.5, 0.6) is 0 Å². The largest absolute Gasteiger partial charge is 0.380 e. The van der Waals surface area contributed by atoms with Gasteiger partial charge in [-0.15, -0.1) is 0 Å². The Balaban J connectivity index is 1.94. The lowest BCUT2D eigenvalue weighted by molar-refractivity contribution is -0.135. The summed E-state index contributed by atoms with van der Waals surface area (Å²) in [6.07, 6.45) is 1.07. The normalized spacial score (nSPS) is 27.4. The zero-order valence-electron chi connectivity index (χ0n) is 7.95. The van der Waals surface area contributed by atoms with Gasteiger partial charge in [-0.3, -0.25) is 4.79 Å². The molecule has 2 rings (SSSR count). The summed E-state index contributed by atoms with van der Waals surface area (Å²) in [5.41, 5.74) is 5.82. The fourth-order valence-corrected chi connectivity index (χ4v) is 2.04. The van der Waals surface area contributed by atoms with E-state index in [9.17, 15) is 4.79 Å². The van der Waals surface area contributed by atoms with E-state index in [1.54, 1.807) is 6.92 Å². The number of amides is 1. The molecule has 4 nitrogen and oxygen atoms in total. The molecule has 2 N–H and O–H groups in total. The lowest BCUT2D eigenvalue weighted by Gasteiger charge is -2.37. The fraction of sp³-hybridized carbons (Fsp3) is 0.889. The summed E-state index contributed by atoms with van der Waals surface area (Å²) in [6.45, 7) is 5.06. The van der Waals surface area contributed by atoms with Gasteiger partial charge in [-0.25, -0.2) is 0 Å². The number of nitrogens with zero attached hydrogens (tertiary/aromatic N) is 1. The monoisotopic (exact) mass is 184 g/mol. The van der Waals surface area contributed by atoms with Gasteiger partial charge in [0.25, 0.3) is 0 Å². The first-order valence-corrected chi connectivity index (χ1v) is 4.75. The van der Waals surface area contributed by atoms with Gasteiger partial charge in [0, 0.05) is 18.5 Å². The summed E-state index contributed by atoms with van der Waals surface area (Å²) in [4.78, 5) is 13.4. The molecular weight excluding hydrogens is 168 g/mol. The van der Waals surface area contributed by atoms with Crippen molar-refractivity contribution >= 4 is 5.91 Å². The van der Waals surface area contributed by atoms with Crippen molar-refractivity contribution in [2.75, 3.05) is 26.3 Å². The molecule has 0 saturated carbocycles. The minimum Gasteiger partial charge on any atom is -0.380 e. The molecule has 0 aliphatic carbocycles. The van der Waals surface area contributed by atoms with Crippen LogP contribution >= 0.6 is 0 Å². The molecule has 2 saturated heterocycles. The van der Waals surface area contributed by atoms with Crippen molar-refractivity contribution in [2.24, 2.45) is 11.1 Å². The maximum Gasteiger partial charge on any atom is 0.239 e. The highest BCUT2D eigenvalue weighted by Gasteiger charge is 2.45. The van der Waals surface area contributed by atoms with Gasteiger partial charge in [0.1, 0.15) is 0 Å². The van der Waals surface area contributed by atoms with E-state index in [1.807, 2.05) is 4.90 Å². The van der Waals surface area contributed by atoms with Crippen LogP contribution in [0.2, 0.25) is 0 Å². The van der Waals surface area contributed by atoms with Crippen molar-refractivity contribution in [2.45, 2.75) is 19.4 Å². The molecule has 1 amide bonds. The molecule has 1 atom stereocenters. The molecule has 4 heteroatoms. The maximum atomic E-state index is 11.5. The van der Waals surface area contributed by atoms with Crippen LogP contribution in [-0.4, -0.2) is 43.2 Å². The molecule has 0 aromatic heterocycles. The third-order valence-electron chi connectivity index (χ3n) is 2.96. The molecule has 0 radical (unpaired) electrons. The van der Waals surface area contributed by atoms with Crippen LogP contribution in [0.4, 0.5) is 0 Å². The second-order valence-electron chi connectivity index (χ2n) is 4.29. The number of rotatable bonds is 1. The van der Waals surface area contributed by atoms with E-state index in [0.29, 0.717) is 0 Å². The van der Waals surface area contributed by atoms with Crippen molar-refractivity contribution in [3.05, 3.63) is 0 Å². The third-order valence-corrected chi connectivity index (χ3v) is 2.96. The zero-order valence-corrected chi connectivity index (χ0v) is 7.95. The minimum absolute atomic E-state index is 0.0729. The van der Waals surface area contributed by atoms with Crippen LogP contribution in [0.15, 0.2) is 0 Å². The zero-order chi connectivity index (χ0) is 9.47. The predicted octanol–water partition coefficient (Wildman–Crippen LogP) is -0.417. The molecule has 0 aromatic rings. The average molecular weight is 184 g/mol.